The predicted octanol–water partition coefficient (Wildman–Crippen LogP) is 5.01. The van der Waals surface area contributed by atoms with Crippen molar-refractivity contribution in [2.75, 3.05) is 0 Å². The third-order valence-electron chi connectivity index (χ3n) is 4.39. The van der Waals surface area contributed by atoms with E-state index in [0.717, 1.165) is 0 Å². The molecule has 2 N–H and O–H groups in total. The second-order valence-electron chi connectivity index (χ2n) is 6.33. The Balaban J connectivity index is 2.02. The predicted molar refractivity (Wildman–Crippen MR) is 109 cm³/mol. The highest BCUT2D eigenvalue weighted by molar-refractivity contribution is 6.31. The molecule has 0 atom stereocenters. The molecular formula is C22H13ClN2O4. The number of carbonyl (C=O) groups is 2. The van der Waals surface area contributed by atoms with Crippen molar-refractivity contribution in [3.8, 4) is 22.5 Å². The van der Waals surface area contributed by atoms with Crippen LogP contribution in [-0.2, 0) is 0 Å². The number of nitrogens with zero attached hydrogens (tertiary/aromatic N) is 2. The zero-order valence-corrected chi connectivity index (χ0v) is 15.6. The van der Waals surface area contributed by atoms with Crippen LogP contribution in [0.25, 0.3) is 33.5 Å². The summed E-state index contributed by atoms with van der Waals surface area (Å²) in [6.07, 6.45) is 0. The third kappa shape index (κ3) is 3.66. The fourth-order valence-corrected chi connectivity index (χ4v) is 3.20. The van der Waals surface area contributed by atoms with E-state index >= 15 is 0 Å². The second-order valence-corrected chi connectivity index (χ2v) is 6.76. The number of halogens is 1. The van der Waals surface area contributed by atoms with E-state index in [1.54, 1.807) is 42.5 Å². The molecule has 0 fully saturated rings. The molecule has 7 heteroatoms. The van der Waals surface area contributed by atoms with E-state index in [0.29, 0.717) is 38.6 Å². The molecule has 0 spiro atoms. The van der Waals surface area contributed by atoms with Gasteiger partial charge in [-0.25, -0.2) is 19.6 Å². The van der Waals surface area contributed by atoms with Crippen LogP contribution in [-0.4, -0.2) is 32.1 Å². The lowest BCUT2D eigenvalue weighted by atomic mass is 10.0. The number of benzene rings is 3. The maximum Gasteiger partial charge on any atom is 0.335 e. The van der Waals surface area contributed by atoms with Crippen LogP contribution in [0, 0.1) is 0 Å². The fourth-order valence-electron chi connectivity index (χ4n) is 3.03. The van der Waals surface area contributed by atoms with E-state index < -0.39 is 11.9 Å². The lowest BCUT2D eigenvalue weighted by Crippen LogP contribution is -2.00. The largest absolute Gasteiger partial charge is 0.478 e. The molecule has 29 heavy (non-hydrogen) atoms. The van der Waals surface area contributed by atoms with Gasteiger partial charge in [-0.05, 0) is 42.5 Å². The maximum absolute atomic E-state index is 11.4. The molecule has 0 saturated heterocycles. The minimum atomic E-state index is -1.06. The highest BCUT2D eigenvalue weighted by Gasteiger charge is 2.16. The first kappa shape index (κ1) is 18.6. The van der Waals surface area contributed by atoms with E-state index in [9.17, 15) is 19.8 Å². The molecule has 1 aromatic heterocycles. The summed E-state index contributed by atoms with van der Waals surface area (Å²) < 4.78 is 0. The molecule has 3 aromatic carbocycles. The van der Waals surface area contributed by atoms with Crippen LogP contribution < -0.4 is 0 Å². The molecule has 4 rings (SSSR count). The number of aromatic nitrogens is 2. The first-order valence-electron chi connectivity index (χ1n) is 8.57. The van der Waals surface area contributed by atoms with Crippen molar-refractivity contribution in [3.05, 3.63) is 82.9 Å². The molecule has 142 valence electrons. The number of carboxylic acids is 2. The van der Waals surface area contributed by atoms with Crippen LogP contribution in [0.3, 0.4) is 0 Å². The average Bonchev–Trinajstić information content (AvgIpc) is 2.73. The van der Waals surface area contributed by atoms with Gasteiger partial charge >= 0.3 is 11.9 Å². The first-order valence-corrected chi connectivity index (χ1v) is 8.95. The highest BCUT2D eigenvalue weighted by atomic mass is 35.5. The Hall–Kier alpha value is -3.77. The van der Waals surface area contributed by atoms with Crippen molar-refractivity contribution in [3.63, 3.8) is 0 Å². The summed E-state index contributed by atoms with van der Waals surface area (Å²) in [5.74, 6) is -2.11. The van der Waals surface area contributed by atoms with E-state index in [1.165, 1.54) is 24.3 Å². The molecular weight excluding hydrogens is 392 g/mol. The van der Waals surface area contributed by atoms with Gasteiger partial charge in [-0.2, -0.15) is 0 Å². The van der Waals surface area contributed by atoms with Gasteiger partial charge in [0.05, 0.1) is 33.5 Å². The van der Waals surface area contributed by atoms with E-state index in [4.69, 9.17) is 11.6 Å². The number of aromatic carboxylic acids is 2. The van der Waals surface area contributed by atoms with Gasteiger partial charge in [-0.3, -0.25) is 0 Å². The van der Waals surface area contributed by atoms with Crippen LogP contribution in [0.1, 0.15) is 20.7 Å². The molecule has 6 nitrogen and oxygen atoms in total. The highest BCUT2D eigenvalue weighted by Crippen LogP contribution is 2.32. The average molecular weight is 405 g/mol. The van der Waals surface area contributed by atoms with Crippen molar-refractivity contribution >= 4 is 34.6 Å². The number of rotatable bonds is 4. The lowest BCUT2D eigenvalue weighted by Gasteiger charge is -2.12. The fraction of sp³-hybridized carbons (Fsp3) is 0. The monoisotopic (exact) mass is 404 g/mol. The topological polar surface area (TPSA) is 100 Å². The number of hydrogen-bond donors (Lipinski definition) is 2. The lowest BCUT2D eigenvalue weighted by molar-refractivity contribution is 0.0686. The summed E-state index contributed by atoms with van der Waals surface area (Å²) in [7, 11) is 0. The van der Waals surface area contributed by atoms with Crippen LogP contribution in [0.4, 0.5) is 0 Å². The van der Waals surface area contributed by atoms with Crippen LogP contribution in [0.15, 0.2) is 66.7 Å². The SMILES string of the molecule is O=C(O)c1cccc(-c2nc3ccc(Cl)cc3nc2-c2cccc(C(=O)O)c2)c1. The smallest absolute Gasteiger partial charge is 0.335 e. The summed E-state index contributed by atoms with van der Waals surface area (Å²) in [5.41, 5.74) is 3.36. The molecule has 0 aliphatic heterocycles. The number of hydrogen-bond acceptors (Lipinski definition) is 4. The van der Waals surface area contributed by atoms with Crippen molar-refractivity contribution < 1.29 is 19.8 Å². The van der Waals surface area contributed by atoms with Crippen LogP contribution in [0.5, 0.6) is 0 Å². The molecule has 0 aliphatic carbocycles. The summed E-state index contributed by atoms with van der Waals surface area (Å²) in [6.45, 7) is 0. The number of carboxylic acid groups (broad SMARTS) is 2. The van der Waals surface area contributed by atoms with Crippen molar-refractivity contribution in [2.45, 2.75) is 0 Å². The van der Waals surface area contributed by atoms with Crippen LogP contribution >= 0.6 is 11.6 Å². The van der Waals surface area contributed by atoms with Gasteiger partial charge in [-0.1, -0.05) is 35.9 Å². The zero-order valence-electron chi connectivity index (χ0n) is 14.8. The molecule has 0 saturated carbocycles. The molecule has 0 amide bonds. The van der Waals surface area contributed by atoms with E-state index in [1.807, 2.05) is 0 Å². The number of fused-ring (bicyclic) bond motifs is 1. The van der Waals surface area contributed by atoms with Gasteiger partial charge in [0, 0.05) is 16.1 Å². The molecule has 0 aliphatic rings. The Morgan fingerprint density at radius 2 is 1.21 bits per heavy atom. The minimum Gasteiger partial charge on any atom is -0.478 e. The maximum atomic E-state index is 11.4. The molecule has 0 unspecified atom stereocenters. The quantitative estimate of drug-likeness (QED) is 0.495. The van der Waals surface area contributed by atoms with Gasteiger partial charge in [0.1, 0.15) is 0 Å². The Morgan fingerprint density at radius 3 is 1.72 bits per heavy atom. The first-order chi connectivity index (χ1) is 13.9. The molecule has 0 radical (unpaired) electrons. The van der Waals surface area contributed by atoms with Crippen molar-refractivity contribution in [1.82, 2.24) is 9.97 Å². The normalized spacial score (nSPS) is 10.8. The Kier molecular flexibility index (Phi) is 4.70. The standard InChI is InChI=1S/C22H13ClN2O4/c23-16-7-8-17-18(11-16)25-20(13-4-2-6-15(10-13)22(28)29)19(24-17)12-3-1-5-14(9-12)21(26)27/h1-11H,(H,26,27)(H,28,29). The summed E-state index contributed by atoms with van der Waals surface area (Å²) in [4.78, 5) is 32.1. The van der Waals surface area contributed by atoms with Gasteiger partial charge in [0.15, 0.2) is 0 Å². The van der Waals surface area contributed by atoms with Gasteiger partial charge in [0.2, 0.25) is 0 Å². The Bertz CT molecular complexity index is 1290. The second kappa shape index (κ2) is 7.33. The van der Waals surface area contributed by atoms with Gasteiger partial charge < -0.3 is 10.2 Å². The summed E-state index contributed by atoms with van der Waals surface area (Å²) in [6, 6.07) is 17.8. The minimum absolute atomic E-state index is 0.112. The Morgan fingerprint density at radius 1 is 0.690 bits per heavy atom. The molecule has 1 heterocycles. The summed E-state index contributed by atoms with van der Waals surface area (Å²) in [5, 5.41) is 19.2. The Labute approximate surface area is 170 Å². The molecule has 0 bridgehead atoms. The van der Waals surface area contributed by atoms with E-state index in [2.05, 4.69) is 9.97 Å². The van der Waals surface area contributed by atoms with Crippen LogP contribution in [0.2, 0.25) is 5.02 Å². The summed E-state index contributed by atoms with van der Waals surface area (Å²) >= 11 is 6.09. The zero-order chi connectivity index (χ0) is 20.5. The van der Waals surface area contributed by atoms with E-state index in [-0.39, 0.29) is 11.1 Å². The van der Waals surface area contributed by atoms with Gasteiger partial charge in [-0.15, -0.1) is 0 Å². The molecule has 4 aromatic rings. The van der Waals surface area contributed by atoms with Gasteiger partial charge in [0.25, 0.3) is 0 Å². The van der Waals surface area contributed by atoms with Crippen molar-refractivity contribution in [1.29, 1.82) is 0 Å². The third-order valence-corrected chi connectivity index (χ3v) is 4.63. The van der Waals surface area contributed by atoms with Crippen molar-refractivity contribution in [2.24, 2.45) is 0 Å².